The van der Waals surface area contributed by atoms with E-state index in [2.05, 4.69) is 16.1 Å². The lowest BCUT2D eigenvalue weighted by Crippen LogP contribution is -1.91. The maximum absolute atomic E-state index is 9.84. The Labute approximate surface area is 54.3 Å². The lowest BCUT2D eigenvalue weighted by atomic mass is 10.7. The molecule has 0 unspecified atom stereocenters. The second kappa shape index (κ2) is 5.31. The first-order valence-electron chi connectivity index (χ1n) is 2.59. The molecule has 1 saturated heterocycles. The van der Waals surface area contributed by atoms with Crippen LogP contribution < -0.4 is 0 Å². The summed E-state index contributed by atoms with van der Waals surface area (Å²) >= 11 is 0. The Morgan fingerprint density at radius 3 is 2.22 bits per heavy atom. The normalized spacial score (nSPS) is 12.6. The molecule has 0 radical (unpaired) electrons. The fraction of sp³-hybridized carbons (Fsp3) is 0.500. The average molecular weight is 130 g/mol. The Morgan fingerprint density at radius 2 is 2.22 bits per heavy atom. The van der Waals surface area contributed by atoms with Gasteiger partial charge in [-0.1, -0.05) is 6.58 Å². The second-order valence-corrected chi connectivity index (χ2v) is 1.34. The molecule has 1 aliphatic heterocycles. The minimum atomic E-state index is -0.394. The quantitative estimate of drug-likeness (QED) is 0.292. The molecule has 0 aliphatic carbocycles. The van der Waals surface area contributed by atoms with Crippen molar-refractivity contribution in [1.29, 1.82) is 0 Å². The van der Waals surface area contributed by atoms with Gasteiger partial charge in [0.15, 0.2) is 0 Å². The summed E-state index contributed by atoms with van der Waals surface area (Å²) in [4.78, 5) is 9.84. The van der Waals surface area contributed by atoms with Crippen LogP contribution in [0.1, 0.15) is 0 Å². The van der Waals surface area contributed by atoms with Crippen LogP contribution in [0.15, 0.2) is 12.7 Å². The molecule has 1 heterocycles. The topological polar surface area (TPSA) is 38.8 Å². The molecule has 0 N–H and O–H groups in total. The van der Waals surface area contributed by atoms with E-state index >= 15 is 0 Å². The first-order chi connectivity index (χ1) is 4.31. The lowest BCUT2D eigenvalue weighted by Gasteiger charge is -1.83. The molecule has 0 spiro atoms. The van der Waals surface area contributed by atoms with Crippen LogP contribution in [0.4, 0.5) is 0 Å². The van der Waals surface area contributed by atoms with Crippen LogP contribution in [0, 0.1) is 0 Å². The van der Waals surface area contributed by atoms with Gasteiger partial charge in [-0.25, -0.2) is 4.79 Å². The molecule has 9 heavy (non-hydrogen) atoms. The molecule has 1 fully saturated rings. The zero-order chi connectivity index (χ0) is 7.11. The smallest absolute Gasteiger partial charge is 0.329 e. The van der Waals surface area contributed by atoms with Crippen molar-refractivity contribution in [1.82, 2.24) is 0 Å². The van der Waals surface area contributed by atoms with E-state index in [0.717, 1.165) is 19.3 Å². The fourth-order valence-corrected chi connectivity index (χ4v) is 0.0833. The maximum Gasteiger partial charge on any atom is 0.329 e. The number of methoxy groups -OCH3 is 1. The van der Waals surface area contributed by atoms with Gasteiger partial charge in [0.25, 0.3) is 0 Å². The maximum atomic E-state index is 9.84. The van der Waals surface area contributed by atoms with Gasteiger partial charge in [0.05, 0.1) is 20.3 Å². The number of carbonyl (C=O) groups is 1. The van der Waals surface area contributed by atoms with E-state index in [1.807, 2.05) is 0 Å². The molecule has 0 saturated carbocycles. The van der Waals surface area contributed by atoms with Gasteiger partial charge in [-0.2, -0.15) is 0 Å². The van der Waals surface area contributed by atoms with E-state index in [1.165, 1.54) is 7.11 Å². The van der Waals surface area contributed by atoms with E-state index < -0.39 is 5.97 Å². The number of hydrogen-bond acceptors (Lipinski definition) is 3. The summed E-state index contributed by atoms with van der Waals surface area (Å²) in [5, 5.41) is 0. The highest BCUT2D eigenvalue weighted by Gasteiger charge is 1.94. The van der Waals surface area contributed by atoms with Gasteiger partial charge in [0.1, 0.15) is 0 Å². The number of epoxide rings is 1. The summed E-state index contributed by atoms with van der Waals surface area (Å²) in [5.41, 5.74) is 0. The predicted octanol–water partition coefficient (Wildman–Crippen LogP) is 0.362. The minimum Gasteiger partial charge on any atom is -0.466 e. The van der Waals surface area contributed by atoms with Crippen LogP contribution in [0.2, 0.25) is 0 Å². The Bertz CT molecular complexity index is 93.7. The number of hydrogen-bond donors (Lipinski definition) is 0. The molecule has 0 aromatic rings. The number of carbonyl (C=O) groups excluding carboxylic acids is 1. The molecule has 3 heteroatoms. The van der Waals surface area contributed by atoms with Crippen molar-refractivity contribution in [2.75, 3.05) is 20.3 Å². The van der Waals surface area contributed by atoms with Crippen LogP contribution in [0.25, 0.3) is 0 Å². The molecule has 0 bridgehead atoms. The average Bonchev–Trinajstić information content (AvgIpc) is 2.70. The van der Waals surface area contributed by atoms with Crippen LogP contribution in [0.5, 0.6) is 0 Å². The Morgan fingerprint density at radius 1 is 1.78 bits per heavy atom. The first kappa shape index (κ1) is 8.17. The third-order valence-electron chi connectivity index (χ3n) is 0.572. The molecular weight excluding hydrogens is 120 g/mol. The molecule has 0 atom stereocenters. The highest BCUT2D eigenvalue weighted by Crippen LogP contribution is 1.84. The van der Waals surface area contributed by atoms with E-state index in [9.17, 15) is 4.79 Å². The van der Waals surface area contributed by atoms with Crippen molar-refractivity contribution in [3.8, 4) is 0 Å². The molecular formula is C6H10O3. The molecule has 1 rings (SSSR count). The van der Waals surface area contributed by atoms with Gasteiger partial charge in [-0.3, -0.25) is 0 Å². The van der Waals surface area contributed by atoms with Gasteiger partial charge in [-0.15, -0.1) is 0 Å². The predicted molar refractivity (Wildman–Crippen MR) is 33.0 cm³/mol. The molecule has 0 aromatic carbocycles. The minimum absolute atomic E-state index is 0.394. The zero-order valence-corrected chi connectivity index (χ0v) is 5.42. The monoisotopic (exact) mass is 130 g/mol. The third kappa shape index (κ3) is 11.0. The molecule has 0 amide bonds. The van der Waals surface area contributed by atoms with Crippen LogP contribution in [0.3, 0.4) is 0 Å². The molecule has 0 aromatic heterocycles. The van der Waals surface area contributed by atoms with Crippen molar-refractivity contribution in [2.45, 2.75) is 0 Å². The third-order valence-corrected chi connectivity index (χ3v) is 0.572. The molecule has 52 valence electrons. The van der Waals surface area contributed by atoms with E-state index in [1.54, 1.807) is 0 Å². The van der Waals surface area contributed by atoms with Crippen molar-refractivity contribution in [2.24, 2.45) is 0 Å². The number of ether oxygens (including phenoxy) is 2. The standard InChI is InChI=1S/C4H6O2.C2H4O/c1-3-4(5)6-2;1-2-3-1/h3H,1H2,2H3;1-2H2. The number of rotatable bonds is 1. The summed E-state index contributed by atoms with van der Waals surface area (Å²) in [5.74, 6) is -0.394. The van der Waals surface area contributed by atoms with Crippen molar-refractivity contribution >= 4 is 5.97 Å². The van der Waals surface area contributed by atoms with Gasteiger partial charge in [0.2, 0.25) is 0 Å². The fourth-order valence-electron chi connectivity index (χ4n) is 0.0833. The summed E-state index contributed by atoms with van der Waals surface area (Å²) in [6.07, 6.45) is 1.11. The van der Waals surface area contributed by atoms with Crippen LogP contribution in [-0.4, -0.2) is 26.3 Å². The Balaban J connectivity index is 0.000000173. The Hall–Kier alpha value is -0.830. The first-order valence-corrected chi connectivity index (χ1v) is 2.59. The highest BCUT2D eigenvalue weighted by atomic mass is 16.6. The molecule has 1 aliphatic rings. The largest absolute Gasteiger partial charge is 0.466 e. The van der Waals surface area contributed by atoms with Crippen molar-refractivity contribution in [3.63, 3.8) is 0 Å². The van der Waals surface area contributed by atoms with Gasteiger partial charge in [-0.05, 0) is 0 Å². The van der Waals surface area contributed by atoms with Gasteiger partial charge in [0, 0.05) is 6.08 Å². The van der Waals surface area contributed by atoms with Crippen LogP contribution in [-0.2, 0) is 14.3 Å². The second-order valence-electron chi connectivity index (χ2n) is 1.34. The Kier molecular flexibility index (Phi) is 4.82. The zero-order valence-electron chi connectivity index (χ0n) is 5.42. The summed E-state index contributed by atoms with van der Waals surface area (Å²) in [6.45, 7) is 5.16. The van der Waals surface area contributed by atoms with E-state index in [4.69, 9.17) is 0 Å². The number of esters is 1. The van der Waals surface area contributed by atoms with Crippen molar-refractivity contribution < 1.29 is 14.3 Å². The molecule has 3 nitrogen and oxygen atoms in total. The van der Waals surface area contributed by atoms with E-state index in [-0.39, 0.29) is 0 Å². The summed E-state index contributed by atoms with van der Waals surface area (Å²) < 4.78 is 8.64. The summed E-state index contributed by atoms with van der Waals surface area (Å²) in [7, 11) is 1.31. The lowest BCUT2D eigenvalue weighted by molar-refractivity contribution is -0.134. The van der Waals surface area contributed by atoms with Gasteiger partial charge < -0.3 is 9.47 Å². The summed E-state index contributed by atoms with van der Waals surface area (Å²) in [6, 6.07) is 0. The van der Waals surface area contributed by atoms with Gasteiger partial charge >= 0.3 is 5.97 Å². The van der Waals surface area contributed by atoms with Crippen LogP contribution >= 0.6 is 0 Å². The SMILES string of the molecule is C1CO1.C=CC(=O)OC. The highest BCUT2D eigenvalue weighted by molar-refractivity contribution is 5.80. The van der Waals surface area contributed by atoms with Crippen molar-refractivity contribution in [3.05, 3.63) is 12.7 Å². The van der Waals surface area contributed by atoms with E-state index in [0.29, 0.717) is 0 Å².